The highest BCUT2D eigenvalue weighted by molar-refractivity contribution is 7.89. The minimum absolute atomic E-state index is 0.140. The monoisotopic (exact) mass is 329 g/mol. The molecule has 0 saturated carbocycles. The zero-order valence-corrected chi connectivity index (χ0v) is 13.2. The average molecular weight is 330 g/mol. The van der Waals surface area contributed by atoms with E-state index in [1.54, 1.807) is 4.68 Å². The Balaban J connectivity index is 2.20. The SMILES string of the molecule is CC(C)n1ccc(COc2ccc(Cl)cc2S(N)(=O)=O)n1. The van der Waals surface area contributed by atoms with Gasteiger partial charge in [0.2, 0.25) is 10.0 Å². The fourth-order valence-corrected chi connectivity index (χ4v) is 2.65. The van der Waals surface area contributed by atoms with Crippen LogP contribution in [0.5, 0.6) is 5.75 Å². The summed E-state index contributed by atoms with van der Waals surface area (Å²) in [5.74, 6) is 0.154. The van der Waals surface area contributed by atoms with Crippen LogP contribution in [0.2, 0.25) is 5.02 Å². The Morgan fingerprint density at radius 2 is 2.10 bits per heavy atom. The van der Waals surface area contributed by atoms with Crippen LogP contribution in [0.3, 0.4) is 0 Å². The predicted octanol–water partition coefficient (Wildman–Crippen LogP) is 2.34. The molecule has 0 saturated heterocycles. The maximum absolute atomic E-state index is 11.5. The van der Waals surface area contributed by atoms with E-state index in [-0.39, 0.29) is 28.3 Å². The number of benzene rings is 1. The Kier molecular flexibility index (Phi) is 4.55. The number of hydrogen-bond acceptors (Lipinski definition) is 4. The number of nitrogens with zero attached hydrogens (tertiary/aromatic N) is 2. The molecule has 1 aromatic heterocycles. The summed E-state index contributed by atoms with van der Waals surface area (Å²) >= 11 is 5.79. The summed E-state index contributed by atoms with van der Waals surface area (Å²) in [6, 6.07) is 6.33. The molecule has 0 spiro atoms. The number of aromatic nitrogens is 2. The van der Waals surface area contributed by atoms with E-state index < -0.39 is 10.0 Å². The molecule has 0 aliphatic rings. The molecule has 2 rings (SSSR count). The zero-order valence-electron chi connectivity index (χ0n) is 11.7. The van der Waals surface area contributed by atoms with Crippen molar-refractivity contribution >= 4 is 21.6 Å². The van der Waals surface area contributed by atoms with E-state index in [0.29, 0.717) is 5.69 Å². The van der Waals surface area contributed by atoms with Gasteiger partial charge in [0.1, 0.15) is 17.3 Å². The minimum Gasteiger partial charge on any atom is -0.486 e. The van der Waals surface area contributed by atoms with Gasteiger partial charge in [-0.1, -0.05) is 11.6 Å². The van der Waals surface area contributed by atoms with Crippen LogP contribution in [0.15, 0.2) is 35.4 Å². The van der Waals surface area contributed by atoms with E-state index in [9.17, 15) is 8.42 Å². The first kappa shape index (κ1) is 15.8. The summed E-state index contributed by atoms with van der Waals surface area (Å²) in [6.45, 7) is 4.16. The first-order valence-corrected chi connectivity index (χ1v) is 8.19. The average Bonchev–Trinajstić information content (AvgIpc) is 2.85. The molecule has 21 heavy (non-hydrogen) atoms. The molecule has 0 fully saturated rings. The smallest absolute Gasteiger partial charge is 0.241 e. The van der Waals surface area contributed by atoms with Gasteiger partial charge in [-0.25, -0.2) is 13.6 Å². The van der Waals surface area contributed by atoms with Gasteiger partial charge >= 0.3 is 0 Å². The van der Waals surface area contributed by atoms with Gasteiger partial charge in [-0.3, -0.25) is 4.68 Å². The molecule has 0 radical (unpaired) electrons. The molecule has 1 aromatic carbocycles. The van der Waals surface area contributed by atoms with Crippen LogP contribution in [0.4, 0.5) is 0 Å². The first-order chi connectivity index (χ1) is 9.77. The molecule has 0 amide bonds. The zero-order chi connectivity index (χ0) is 15.6. The van der Waals surface area contributed by atoms with E-state index in [0.717, 1.165) is 0 Å². The lowest BCUT2D eigenvalue weighted by Gasteiger charge is -2.09. The second kappa shape index (κ2) is 6.05. The normalized spacial score (nSPS) is 11.9. The highest BCUT2D eigenvalue weighted by atomic mass is 35.5. The molecule has 2 aromatic rings. The quantitative estimate of drug-likeness (QED) is 0.912. The number of halogens is 1. The van der Waals surface area contributed by atoms with E-state index in [4.69, 9.17) is 21.5 Å². The van der Waals surface area contributed by atoms with Crippen LogP contribution in [0.1, 0.15) is 25.6 Å². The molecule has 114 valence electrons. The highest BCUT2D eigenvalue weighted by Gasteiger charge is 2.16. The summed E-state index contributed by atoms with van der Waals surface area (Å²) < 4.78 is 30.4. The van der Waals surface area contributed by atoms with Gasteiger partial charge in [-0.05, 0) is 38.1 Å². The van der Waals surface area contributed by atoms with Gasteiger partial charge in [0.15, 0.2) is 0 Å². The van der Waals surface area contributed by atoms with Crippen molar-refractivity contribution in [2.24, 2.45) is 5.14 Å². The maximum atomic E-state index is 11.5. The van der Waals surface area contributed by atoms with E-state index in [2.05, 4.69) is 5.10 Å². The van der Waals surface area contributed by atoms with Gasteiger partial charge in [-0.15, -0.1) is 0 Å². The molecule has 0 aliphatic heterocycles. The van der Waals surface area contributed by atoms with Crippen molar-refractivity contribution in [3.63, 3.8) is 0 Å². The molecule has 1 heterocycles. The van der Waals surface area contributed by atoms with Gasteiger partial charge in [-0.2, -0.15) is 5.10 Å². The Morgan fingerprint density at radius 3 is 2.67 bits per heavy atom. The maximum Gasteiger partial charge on any atom is 0.241 e. The molecule has 0 unspecified atom stereocenters. The largest absolute Gasteiger partial charge is 0.486 e. The lowest BCUT2D eigenvalue weighted by Crippen LogP contribution is -2.14. The summed E-state index contributed by atoms with van der Waals surface area (Å²) in [5.41, 5.74) is 0.694. The lowest BCUT2D eigenvalue weighted by molar-refractivity contribution is 0.291. The molecular weight excluding hydrogens is 314 g/mol. The number of hydrogen-bond donors (Lipinski definition) is 1. The summed E-state index contributed by atoms with van der Waals surface area (Å²) in [4.78, 5) is -0.140. The third-order valence-electron chi connectivity index (χ3n) is 2.78. The Hall–Kier alpha value is -1.57. The Bertz CT molecular complexity index is 741. The van der Waals surface area contributed by atoms with Crippen LogP contribution in [-0.4, -0.2) is 18.2 Å². The molecule has 0 bridgehead atoms. The van der Waals surface area contributed by atoms with Crippen molar-refractivity contribution in [2.45, 2.75) is 31.4 Å². The van der Waals surface area contributed by atoms with Crippen LogP contribution >= 0.6 is 11.6 Å². The van der Waals surface area contributed by atoms with E-state index in [1.807, 2.05) is 26.1 Å². The first-order valence-electron chi connectivity index (χ1n) is 6.26. The second-order valence-electron chi connectivity index (χ2n) is 4.81. The van der Waals surface area contributed by atoms with Gasteiger partial charge < -0.3 is 4.74 Å². The minimum atomic E-state index is -3.90. The molecule has 8 heteroatoms. The van der Waals surface area contributed by atoms with Crippen LogP contribution < -0.4 is 9.88 Å². The highest BCUT2D eigenvalue weighted by Crippen LogP contribution is 2.27. The number of rotatable bonds is 5. The molecule has 0 aliphatic carbocycles. The lowest BCUT2D eigenvalue weighted by atomic mass is 10.3. The van der Waals surface area contributed by atoms with Crippen molar-refractivity contribution in [2.75, 3.05) is 0 Å². The van der Waals surface area contributed by atoms with Crippen molar-refractivity contribution in [1.29, 1.82) is 0 Å². The second-order valence-corrected chi connectivity index (χ2v) is 6.77. The fourth-order valence-electron chi connectivity index (χ4n) is 1.72. The fraction of sp³-hybridized carbons (Fsp3) is 0.308. The van der Waals surface area contributed by atoms with E-state index in [1.165, 1.54) is 18.2 Å². The van der Waals surface area contributed by atoms with Crippen LogP contribution in [0, 0.1) is 0 Å². The number of primary sulfonamides is 1. The summed E-state index contributed by atoms with van der Waals surface area (Å²) in [7, 11) is -3.90. The summed E-state index contributed by atoms with van der Waals surface area (Å²) in [6.07, 6.45) is 1.84. The Labute approximate surface area is 128 Å². The van der Waals surface area contributed by atoms with Crippen molar-refractivity contribution < 1.29 is 13.2 Å². The summed E-state index contributed by atoms with van der Waals surface area (Å²) in [5, 5.41) is 9.75. The number of nitrogens with two attached hydrogens (primary N) is 1. The predicted molar refractivity (Wildman–Crippen MR) is 79.8 cm³/mol. The van der Waals surface area contributed by atoms with Gasteiger partial charge in [0, 0.05) is 17.3 Å². The van der Waals surface area contributed by atoms with E-state index >= 15 is 0 Å². The third-order valence-corrected chi connectivity index (χ3v) is 3.95. The van der Waals surface area contributed by atoms with Crippen molar-refractivity contribution in [3.8, 4) is 5.75 Å². The van der Waals surface area contributed by atoms with Crippen molar-refractivity contribution in [3.05, 3.63) is 41.2 Å². The number of ether oxygens (including phenoxy) is 1. The topological polar surface area (TPSA) is 87.2 Å². The van der Waals surface area contributed by atoms with Crippen LogP contribution in [0.25, 0.3) is 0 Å². The standard InChI is InChI=1S/C13H16ClN3O3S/c1-9(2)17-6-5-11(16-17)8-20-12-4-3-10(14)7-13(12)21(15,18)19/h3-7,9H,8H2,1-2H3,(H2,15,18,19). The molecule has 0 atom stereocenters. The third kappa shape index (κ3) is 3.96. The molecular formula is C13H16ClN3O3S. The molecule has 2 N–H and O–H groups in total. The van der Waals surface area contributed by atoms with Gasteiger partial charge in [0.25, 0.3) is 0 Å². The Morgan fingerprint density at radius 1 is 1.38 bits per heavy atom. The van der Waals surface area contributed by atoms with Crippen LogP contribution in [-0.2, 0) is 16.6 Å². The number of sulfonamides is 1. The molecule has 6 nitrogen and oxygen atoms in total. The van der Waals surface area contributed by atoms with Crippen molar-refractivity contribution in [1.82, 2.24) is 9.78 Å². The van der Waals surface area contributed by atoms with Gasteiger partial charge in [0.05, 0.1) is 5.69 Å².